The van der Waals surface area contributed by atoms with Gasteiger partial charge in [0, 0.05) is 25.7 Å². The Morgan fingerprint density at radius 3 is 2.29 bits per heavy atom. The zero-order valence-electron chi connectivity index (χ0n) is 12.3. The highest BCUT2D eigenvalue weighted by atomic mass is 16.4. The molecule has 0 spiro atoms. The molecule has 7 heteroatoms. The number of benzene rings is 1. The average molecular weight is 293 g/mol. The van der Waals surface area contributed by atoms with Crippen LogP contribution in [0.4, 0.5) is 5.69 Å². The second-order valence-electron chi connectivity index (χ2n) is 4.89. The molecular formula is C14H19N3O4. The minimum Gasteiger partial charge on any atom is -0.481 e. The van der Waals surface area contributed by atoms with Gasteiger partial charge < -0.3 is 15.7 Å². The molecule has 0 fully saturated rings. The molecular weight excluding hydrogens is 274 g/mol. The number of aliphatic carboxylic acids is 1. The van der Waals surface area contributed by atoms with Gasteiger partial charge in [-0.3, -0.25) is 19.3 Å². The maximum absolute atomic E-state index is 12.0. The Balaban J connectivity index is 0.000000491. The first kappa shape index (κ1) is 16.6. The molecule has 0 atom stereocenters. The van der Waals surface area contributed by atoms with Crippen molar-refractivity contribution in [1.29, 1.82) is 0 Å². The monoisotopic (exact) mass is 293 g/mol. The Kier molecular flexibility index (Phi) is 5.43. The van der Waals surface area contributed by atoms with Gasteiger partial charge in [0.1, 0.15) is 0 Å². The fourth-order valence-corrected chi connectivity index (χ4v) is 1.81. The van der Waals surface area contributed by atoms with Crippen LogP contribution in [0.1, 0.15) is 27.6 Å². The topological polar surface area (TPSA) is 104 Å². The van der Waals surface area contributed by atoms with E-state index in [0.29, 0.717) is 29.9 Å². The molecule has 0 aromatic heterocycles. The fourth-order valence-electron chi connectivity index (χ4n) is 1.81. The van der Waals surface area contributed by atoms with Crippen molar-refractivity contribution in [2.45, 2.75) is 6.92 Å². The van der Waals surface area contributed by atoms with Crippen molar-refractivity contribution < 1.29 is 19.5 Å². The molecule has 0 unspecified atom stereocenters. The second-order valence-corrected chi connectivity index (χ2v) is 4.89. The summed E-state index contributed by atoms with van der Waals surface area (Å²) in [7, 11) is 3.80. The van der Waals surface area contributed by atoms with E-state index in [2.05, 4.69) is 0 Å². The Bertz CT molecular complexity index is 565. The molecule has 1 aliphatic heterocycles. The highest BCUT2D eigenvalue weighted by Crippen LogP contribution is 2.24. The van der Waals surface area contributed by atoms with Crippen LogP contribution in [0.3, 0.4) is 0 Å². The van der Waals surface area contributed by atoms with Gasteiger partial charge in [-0.1, -0.05) is 0 Å². The van der Waals surface area contributed by atoms with E-state index in [1.165, 1.54) is 4.90 Å². The van der Waals surface area contributed by atoms with Crippen molar-refractivity contribution in [3.8, 4) is 0 Å². The van der Waals surface area contributed by atoms with Crippen LogP contribution in [0, 0.1) is 0 Å². The van der Waals surface area contributed by atoms with Crippen molar-refractivity contribution in [1.82, 2.24) is 9.80 Å². The lowest BCUT2D eigenvalue weighted by Gasteiger charge is -2.16. The van der Waals surface area contributed by atoms with Gasteiger partial charge in [0.15, 0.2) is 0 Å². The zero-order valence-corrected chi connectivity index (χ0v) is 12.3. The summed E-state index contributed by atoms with van der Waals surface area (Å²) in [5.41, 5.74) is 6.97. The number of nitrogens with two attached hydrogens (primary N) is 1. The lowest BCUT2D eigenvalue weighted by molar-refractivity contribution is -0.134. The maximum atomic E-state index is 12.0. The Morgan fingerprint density at radius 1 is 1.24 bits per heavy atom. The molecule has 0 saturated carbocycles. The van der Waals surface area contributed by atoms with E-state index in [4.69, 9.17) is 15.6 Å². The van der Waals surface area contributed by atoms with E-state index >= 15 is 0 Å². The summed E-state index contributed by atoms with van der Waals surface area (Å²) in [5, 5.41) is 7.42. The number of rotatable bonds is 3. The van der Waals surface area contributed by atoms with Crippen LogP contribution in [0.2, 0.25) is 0 Å². The molecule has 2 amide bonds. The van der Waals surface area contributed by atoms with Crippen molar-refractivity contribution in [2.24, 2.45) is 0 Å². The number of nitrogens with zero attached hydrogens (tertiary/aromatic N) is 2. The summed E-state index contributed by atoms with van der Waals surface area (Å²) >= 11 is 0. The van der Waals surface area contributed by atoms with Crippen molar-refractivity contribution >= 4 is 23.5 Å². The molecule has 0 saturated heterocycles. The van der Waals surface area contributed by atoms with Crippen LogP contribution >= 0.6 is 0 Å². The summed E-state index contributed by atoms with van der Waals surface area (Å²) in [6.07, 6.45) is 0. The quantitative estimate of drug-likeness (QED) is 0.622. The molecule has 0 bridgehead atoms. The van der Waals surface area contributed by atoms with Gasteiger partial charge >= 0.3 is 0 Å². The van der Waals surface area contributed by atoms with Gasteiger partial charge in [-0.2, -0.15) is 0 Å². The Labute approximate surface area is 122 Å². The summed E-state index contributed by atoms with van der Waals surface area (Å²) in [6, 6.07) is 4.81. The van der Waals surface area contributed by atoms with Crippen molar-refractivity contribution in [2.75, 3.05) is 32.9 Å². The predicted octanol–water partition coefficient (Wildman–Crippen LogP) is 0.517. The number of carboxylic acid groups (broad SMARTS) is 1. The first-order valence-corrected chi connectivity index (χ1v) is 6.34. The van der Waals surface area contributed by atoms with Crippen LogP contribution < -0.4 is 5.73 Å². The van der Waals surface area contributed by atoms with Crippen LogP contribution in [0.15, 0.2) is 18.2 Å². The van der Waals surface area contributed by atoms with Gasteiger partial charge in [0.05, 0.1) is 11.1 Å². The third kappa shape index (κ3) is 4.28. The Hall–Kier alpha value is -2.41. The minimum absolute atomic E-state index is 0.230. The van der Waals surface area contributed by atoms with E-state index in [1.807, 2.05) is 19.0 Å². The molecule has 7 nitrogen and oxygen atoms in total. The molecule has 3 N–H and O–H groups in total. The van der Waals surface area contributed by atoms with Crippen LogP contribution in [0.5, 0.6) is 0 Å². The number of fused-ring (bicyclic) bond motifs is 1. The Morgan fingerprint density at radius 2 is 1.76 bits per heavy atom. The average Bonchev–Trinajstić information content (AvgIpc) is 2.58. The number of hydrogen-bond acceptors (Lipinski definition) is 5. The number of anilines is 1. The van der Waals surface area contributed by atoms with Crippen molar-refractivity contribution in [3.63, 3.8) is 0 Å². The number of hydrogen-bond donors (Lipinski definition) is 2. The lowest BCUT2D eigenvalue weighted by Crippen LogP contribution is -2.35. The lowest BCUT2D eigenvalue weighted by atomic mass is 10.1. The van der Waals surface area contributed by atoms with Gasteiger partial charge in [0.25, 0.3) is 17.8 Å². The summed E-state index contributed by atoms with van der Waals surface area (Å²) < 4.78 is 0. The molecule has 1 aromatic carbocycles. The first-order chi connectivity index (χ1) is 9.73. The van der Waals surface area contributed by atoms with Gasteiger partial charge in [0.2, 0.25) is 0 Å². The highest BCUT2D eigenvalue weighted by Gasteiger charge is 2.35. The first-order valence-electron chi connectivity index (χ1n) is 6.34. The highest BCUT2D eigenvalue weighted by molar-refractivity contribution is 6.21. The summed E-state index contributed by atoms with van der Waals surface area (Å²) in [4.78, 5) is 36.2. The molecule has 0 aliphatic carbocycles. The van der Waals surface area contributed by atoms with Gasteiger partial charge in [-0.05, 0) is 32.3 Å². The molecule has 1 heterocycles. The number of amides is 2. The molecule has 21 heavy (non-hydrogen) atoms. The molecule has 2 rings (SSSR count). The smallest absolute Gasteiger partial charge is 0.300 e. The second kappa shape index (κ2) is 6.85. The number of nitrogen functional groups attached to an aromatic ring is 1. The largest absolute Gasteiger partial charge is 0.481 e. The van der Waals surface area contributed by atoms with Crippen LogP contribution in [0.25, 0.3) is 0 Å². The number of carbonyl (C=O) groups excluding carboxylic acids is 2. The van der Waals surface area contributed by atoms with Crippen molar-refractivity contribution in [3.05, 3.63) is 29.3 Å². The minimum atomic E-state index is -0.833. The van der Waals surface area contributed by atoms with Gasteiger partial charge in [-0.15, -0.1) is 0 Å². The third-order valence-corrected chi connectivity index (χ3v) is 2.77. The number of carboxylic acids is 1. The van der Waals surface area contributed by atoms with Gasteiger partial charge in [-0.25, -0.2) is 0 Å². The fraction of sp³-hybridized carbons (Fsp3) is 0.357. The van der Waals surface area contributed by atoms with Crippen LogP contribution in [-0.2, 0) is 4.79 Å². The number of carbonyl (C=O) groups is 3. The molecule has 0 radical (unpaired) electrons. The summed E-state index contributed by atoms with van der Waals surface area (Å²) in [5.74, 6) is -1.31. The number of imide groups is 1. The molecule has 1 aliphatic rings. The predicted molar refractivity (Wildman–Crippen MR) is 78.1 cm³/mol. The molecule has 1 aromatic rings. The number of likely N-dealkylation sites (N-methyl/N-ethyl adjacent to an activating group) is 1. The normalized spacial score (nSPS) is 13.0. The summed E-state index contributed by atoms with van der Waals surface area (Å²) in [6.45, 7) is 2.14. The van der Waals surface area contributed by atoms with E-state index in [9.17, 15) is 9.59 Å². The van der Waals surface area contributed by atoms with E-state index in [-0.39, 0.29) is 11.8 Å². The molecule has 114 valence electrons. The SMILES string of the molecule is CC(=O)O.CN(C)CCN1C(=O)c2ccc(N)cc2C1=O. The third-order valence-electron chi connectivity index (χ3n) is 2.77. The van der Waals surface area contributed by atoms with E-state index < -0.39 is 5.97 Å². The zero-order chi connectivity index (χ0) is 16.2. The van der Waals surface area contributed by atoms with E-state index in [0.717, 1.165) is 6.92 Å². The standard InChI is InChI=1S/C12H15N3O2.C2H4O2/c1-14(2)5-6-15-11(16)9-4-3-8(13)7-10(9)12(15)17;1-2(3)4/h3-4,7H,5-6,13H2,1-2H3;1H3,(H,3,4). The van der Waals surface area contributed by atoms with E-state index in [1.54, 1.807) is 18.2 Å². The van der Waals surface area contributed by atoms with Crippen LogP contribution in [-0.4, -0.2) is 59.9 Å². The maximum Gasteiger partial charge on any atom is 0.300 e.